The third-order valence-electron chi connectivity index (χ3n) is 6.64. The standard InChI is InChI=1S/C24H24N6O2/c31-23(18-5-1-6-19-21(18)26-12-11-25-19)28-13-3-4-17(15-28)30-22-20(7-2-10-27-22)29(24(30)32)14-16-8-9-16/h1-2,5-7,10-12,16-17H,3-4,8-9,13-15H2/t17-/m0/s1. The van der Waals surface area contributed by atoms with E-state index in [1.165, 1.54) is 12.8 Å². The van der Waals surface area contributed by atoms with Gasteiger partial charge in [-0.05, 0) is 55.9 Å². The van der Waals surface area contributed by atoms with Gasteiger partial charge in [0.05, 0.1) is 22.6 Å². The van der Waals surface area contributed by atoms with Gasteiger partial charge in [0.25, 0.3) is 5.91 Å². The molecule has 0 spiro atoms. The Labute approximate surface area is 184 Å². The van der Waals surface area contributed by atoms with Gasteiger partial charge in [0.2, 0.25) is 0 Å². The molecule has 1 atom stereocenters. The number of rotatable bonds is 4. The quantitative estimate of drug-likeness (QED) is 0.499. The maximum absolute atomic E-state index is 13.4. The third-order valence-corrected chi connectivity index (χ3v) is 6.64. The summed E-state index contributed by atoms with van der Waals surface area (Å²) in [7, 11) is 0. The Morgan fingerprint density at radius 2 is 1.88 bits per heavy atom. The second-order valence-corrected chi connectivity index (χ2v) is 8.83. The average Bonchev–Trinajstić information content (AvgIpc) is 3.62. The second-order valence-electron chi connectivity index (χ2n) is 8.83. The molecule has 1 saturated heterocycles. The van der Waals surface area contributed by atoms with Gasteiger partial charge < -0.3 is 4.90 Å². The molecule has 0 unspecified atom stereocenters. The first-order chi connectivity index (χ1) is 15.7. The molecule has 0 N–H and O–H groups in total. The number of piperidine rings is 1. The van der Waals surface area contributed by atoms with Crippen molar-refractivity contribution >= 4 is 28.1 Å². The first-order valence-corrected chi connectivity index (χ1v) is 11.3. The molecule has 2 fully saturated rings. The lowest BCUT2D eigenvalue weighted by Gasteiger charge is -2.33. The van der Waals surface area contributed by atoms with Gasteiger partial charge in [-0.1, -0.05) is 6.07 Å². The Kier molecular flexibility index (Phi) is 4.52. The number of imidazole rings is 1. The van der Waals surface area contributed by atoms with Crippen molar-refractivity contribution in [2.24, 2.45) is 5.92 Å². The number of likely N-dealkylation sites (tertiary alicyclic amines) is 1. The predicted octanol–water partition coefficient (Wildman–Crippen LogP) is 3.03. The average molecular weight is 428 g/mol. The largest absolute Gasteiger partial charge is 0.336 e. The Bertz CT molecular complexity index is 1380. The molecule has 1 saturated carbocycles. The van der Waals surface area contributed by atoms with Crippen molar-refractivity contribution in [3.63, 3.8) is 0 Å². The Hall–Kier alpha value is -3.55. The molecule has 4 heterocycles. The zero-order valence-electron chi connectivity index (χ0n) is 17.7. The van der Waals surface area contributed by atoms with E-state index in [0.717, 1.165) is 24.9 Å². The molecule has 8 heteroatoms. The summed E-state index contributed by atoms with van der Waals surface area (Å²) in [6.45, 7) is 1.89. The molecule has 8 nitrogen and oxygen atoms in total. The highest BCUT2D eigenvalue weighted by Gasteiger charge is 2.31. The Morgan fingerprint density at radius 1 is 1.00 bits per heavy atom. The summed E-state index contributed by atoms with van der Waals surface area (Å²) < 4.78 is 3.70. The van der Waals surface area contributed by atoms with Crippen LogP contribution >= 0.6 is 0 Å². The minimum atomic E-state index is -0.0980. The summed E-state index contributed by atoms with van der Waals surface area (Å²) in [6, 6.07) is 9.26. The van der Waals surface area contributed by atoms with Crippen LogP contribution in [0.4, 0.5) is 0 Å². The highest BCUT2D eigenvalue weighted by Crippen LogP contribution is 2.32. The van der Waals surface area contributed by atoms with E-state index in [0.29, 0.717) is 41.3 Å². The van der Waals surface area contributed by atoms with Gasteiger partial charge in [-0.15, -0.1) is 0 Å². The van der Waals surface area contributed by atoms with E-state index in [2.05, 4.69) is 15.0 Å². The summed E-state index contributed by atoms with van der Waals surface area (Å²) in [6.07, 6.45) is 9.01. The van der Waals surface area contributed by atoms with E-state index in [1.807, 2.05) is 38.3 Å². The molecule has 0 bridgehead atoms. The van der Waals surface area contributed by atoms with E-state index < -0.39 is 0 Å². The van der Waals surface area contributed by atoms with Gasteiger partial charge in [-0.25, -0.2) is 9.78 Å². The minimum Gasteiger partial charge on any atom is -0.336 e. The van der Waals surface area contributed by atoms with Gasteiger partial charge in [-0.2, -0.15) is 0 Å². The van der Waals surface area contributed by atoms with Crippen LogP contribution < -0.4 is 5.69 Å². The molecular formula is C24H24N6O2. The number of carbonyl (C=O) groups is 1. The monoisotopic (exact) mass is 428 g/mol. The number of hydrogen-bond donors (Lipinski definition) is 0. The maximum Gasteiger partial charge on any atom is 0.330 e. The number of hydrogen-bond acceptors (Lipinski definition) is 5. The van der Waals surface area contributed by atoms with Gasteiger partial charge in [0.15, 0.2) is 5.65 Å². The molecule has 3 aromatic heterocycles. The Morgan fingerprint density at radius 3 is 2.75 bits per heavy atom. The summed E-state index contributed by atoms with van der Waals surface area (Å²) >= 11 is 0. The fraction of sp³-hybridized carbons (Fsp3) is 0.375. The number of pyridine rings is 1. The van der Waals surface area contributed by atoms with Crippen molar-refractivity contribution in [2.45, 2.75) is 38.3 Å². The summed E-state index contributed by atoms with van der Waals surface area (Å²) in [5.41, 5.74) is 3.46. The fourth-order valence-corrected chi connectivity index (χ4v) is 4.86. The van der Waals surface area contributed by atoms with E-state index in [1.54, 1.807) is 24.7 Å². The van der Waals surface area contributed by atoms with Crippen LogP contribution in [0.5, 0.6) is 0 Å². The van der Waals surface area contributed by atoms with Crippen molar-refractivity contribution in [3.8, 4) is 0 Å². The van der Waals surface area contributed by atoms with Crippen molar-refractivity contribution in [1.29, 1.82) is 0 Å². The third kappa shape index (κ3) is 3.18. The first-order valence-electron chi connectivity index (χ1n) is 11.3. The van der Waals surface area contributed by atoms with Crippen molar-refractivity contribution < 1.29 is 4.79 Å². The van der Waals surface area contributed by atoms with Crippen LogP contribution in [-0.4, -0.2) is 48.0 Å². The molecule has 1 aromatic carbocycles. The molecule has 4 aromatic rings. The number of para-hydroxylation sites is 1. The van der Waals surface area contributed by atoms with Gasteiger partial charge in [0.1, 0.15) is 5.52 Å². The molecule has 162 valence electrons. The lowest BCUT2D eigenvalue weighted by Crippen LogP contribution is -2.43. The minimum absolute atomic E-state index is 0.0130. The molecular weight excluding hydrogens is 404 g/mol. The summed E-state index contributed by atoms with van der Waals surface area (Å²) in [5, 5.41) is 0. The first kappa shape index (κ1) is 19.2. The number of carbonyl (C=O) groups excluding carboxylic acids is 1. The number of aromatic nitrogens is 5. The number of fused-ring (bicyclic) bond motifs is 2. The molecule has 1 amide bonds. The van der Waals surface area contributed by atoms with Crippen LogP contribution in [0.25, 0.3) is 22.2 Å². The molecule has 6 rings (SSSR count). The van der Waals surface area contributed by atoms with Crippen LogP contribution in [0.2, 0.25) is 0 Å². The summed E-state index contributed by atoms with van der Waals surface area (Å²) in [5.74, 6) is 0.521. The van der Waals surface area contributed by atoms with E-state index in [4.69, 9.17) is 0 Å². The van der Waals surface area contributed by atoms with Crippen LogP contribution in [0, 0.1) is 5.92 Å². The predicted molar refractivity (Wildman–Crippen MR) is 120 cm³/mol. The SMILES string of the molecule is O=C(c1cccc2nccnc12)N1CCC[C@H](n2c(=O)n(CC3CC3)c3cccnc32)C1. The van der Waals surface area contributed by atoms with Crippen LogP contribution in [0.3, 0.4) is 0 Å². The van der Waals surface area contributed by atoms with Crippen molar-refractivity contribution in [2.75, 3.05) is 13.1 Å². The molecule has 2 aliphatic rings. The number of benzene rings is 1. The van der Waals surface area contributed by atoms with Crippen LogP contribution in [0.1, 0.15) is 42.1 Å². The van der Waals surface area contributed by atoms with Gasteiger partial charge >= 0.3 is 5.69 Å². The van der Waals surface area contributed by atoms with Gasteiger partial charge in [0, 0.05) is 38.2 Å². The topological polar surface area (TPSA) is 85.9 Å². The van der Waals surface area contributed by atoms with Crippen molar-refractivity contribution in [1.82, 2.24) is 29.0 Å². The maximum atomic E-state index is 13.4. The highest BCUT2D eigenvalue weighted by atomic mass is 16.2. The number of nitrogens with zero attached hydrogens (tertiary/aromatic N) is 6. The van der Waals surface area contributed by atoms with E-state index >= 15 is 0 Å². The lowest BCUT2D eigenvalue weighted by atomic mass is 10.0. The highest BCUT2D eigenvalue weighted by molar-refractivity contribution is 6.04. The fourth-order valence-electron chi connectivity index (χ4n) is 4.86. The summed E-state index contributed by atoms with van der Waals surface area (Å²) in [4.78, 5) is 42.0. The van der Waals surface area contributed by atoms with Gasteiger partial charge in [-0.3, -0.25) is 23.9 Å². The van der Waals surface area contributed by atoms with Crippen molar-refractivity contribution in [3.05, 3.63) is 65.0 Å². The second kappa shape index (κ2) is 7.55. The van der Waals surface area contributed by atoms with E-state index in [9.17, 15) is 9.59 Å². The zero-order valence-corrected chi connectivity index (χ0v) is 17.7. The number of amides is 1. The van der Waals surface area contributed by atoms with Crippen LogP contribution in [0.15, 0.2) is 53.7 Å². The molecule has 32 heavy (non-hydrogen) atoms. The molecule has 0 radical (unpaired) electrons. The van der Waals surface area contributed by atoms with Crippen LogP contribution in [-0.2, 0) is 6.54 Å². The molecule has 1 aliphatic carbocycles. The lowest BCUT2D eigenvalue weighted by molar-refractivity contribution is 0.0681. The normalized spacial score (nSPS) is 19.0. The van der Waals surface area contributed by atoms with E-state index in [-0.39, 0.29) is 17.6 Å². The molecule has 1 aliphatic heterocycles. The smallest absolute Gasteiger partial charge is 0.330 e. The Balaban J connectivity index is 1.35. The zero-order chi connectivity index (χ0) is 21.7.